The monoisotopic (exact) mass is 256 g/mol. The Morgan fingerprint density at radius 2 is 2.24 bits per heavy atom. The van der Waals surface area contributed by atoms with E-state index >= 15 is 0 Å². The molecule has 1 rings (SSSR count). The Bertz CT molecular complexity index is 385. The minimum atomic E-state index is -0.742. The van der Waals surface area contributed by atoms with Gasteiger partial charge in [0.2, 0.25) is 0 Å². The van der Waals surface area contributed by atoms with Crippen molar-refractivity contribution in [3.05, 3.63) is 29.6 Å². The van der Waals surface area contributed by atoms with Crippen LogP contribution in [-0.4, -0.2) is 24.5 Å². The maximum absolute atomic E-state index is 13.2. The van der Waals surface area contributed by atoms with Gasteiger partial charge in [0.05, 0.1) is 5.56 Å². The molecule has 17 heavy (non-hydrogen) atoms. The number of nitrogens with one attached hydrogen (secondary N) is 1. The number of primary amides is 1. The fourth-order valence-corrected chi connectivity index (χ4v) is 1.92. The lowest BCUT2D eigenvalue weighted by Gasteiger charge is -2.07. The van der Waals surface area contributed by atoms with Crippen LogP contribution >= 0.6 is 11.8 Å². The normalized spacial score (nSPS) is 10.2. The van der Waals surface area contributed by atoms with E-state index < -0.39 is 11.7 Å². The van der Waals surface area contributed by atoms with Crippen molar-refractivity contribution in [2.75, 3.05) is 23.9 Å². The minimum absolute atomic E-state index is 0.0703. The zero-order chi connectivity index (χ0) is 12.7. The third kappa shape index (κ3) is 4.65. The van der Waals surface area contributed by atoms with E-state index in [1.165, 1.54) is 12.1 Å². The molecular weight excluding hydrogens is 239 g/mol. The van der Waals surface area contributed by atoms with Crippen LogP contribution in [0.5, 0.6) is 0 Å². The molecule has 1 aromatic rings. The van der Waals surface area contributed by atoms with Gasteiger partial charge in [-0.25, -0.2) is 4.39 Å². The van der Waals surface area contributed by atoms with E-state index in [-0.39, 0.29) is 5.56 Å². The first-order chi connectivity index (χ1) is 8.15. The van der Waals surface area contributed by atoms with Crippen LogP contribution in [0.15, 0.2) is 18.2 Å². The van der Waals surface area contributed by atoms with Crippen molar-refractivity contribution in [3.63, 3.8) is 0 Å². The fraction of sp³-hybridized carbons (Fsp3) is 0.417. The van der Waals surface area contributed by atoms with Crippen LogP contribution < -0.4 is 11.1 Å². The second kappa shape index (κ2) is 7.17. The number of benzene rings is 1. The number of hydrogen-bond acceptors (Lipinski definition) is 3. The Hall–Kier alpha value is -1.23. The number of carbonyl (C=O) groups excluding carboxylic acids is 1. The highest BCUT2D eigenvalue weighted by Gasteiger charge is 2.08. The van der Waals surface area contributed by atoms with Gasteiger partial charge in [-0.2, -0.15) is 11.8 Å². The maximum Gasteiger partial charge on any atom is 0.251 e. The molecule has 0 aromatic heterocycles. The van der Waals surface area contributed by atoms with Gasteiger partial charge < -0.3 is 11.1 Å². The third-order valence-electron chi connectivity index (χ3n) is 2.34. The second-order valence-corrected chi connectivity index (χ2v) is 4.67. The highest BCUT2D eigenvalue weighted by Crippen LogP contribution is 2.14. The van der Waals surface area contributed by atoms with E-state index in [2.05, 4.69) is 11.6 Å². The summed E-state index contributed by atoms with van der Waals surface area (Å²) in [5.41, 5.74) is 5.72. The van der Waals surface area contributed by atoms with Crippen LogP contribution in [0.4, 0.5) is 10.1 Å². The molecule has 0 radical (unpaired) electrons. The van der Waals surface area contributed by atoms with Crippen molar-refractivity contribution in [2.45, 2.75) is 12.8 Å². The topological polar surface area (TPSA) is 55.1 Å². The zero-order valence-corrected chi connectivity index (χ0v) is 10.6. The Labute approximate surface area is 105 Å². The number of nitrogens with two attached hydrogens (primary N) is 1. The molecule has 0 aliphatic rings. The number of rotatable bonds is 7. The van der Waals surface area contributed by atoms with Crippen molar-refractivity contribution in [3.8, 4) is 0 Å². The van der Waals surface area contributed by atoms with Crippen molar-refractivity contribution in [2.24, 2.45) is 5.73 Å². The second-order valence-electron chi connectivity index (χ2n) is 3.69. The standard InChI is InChI=1S/C12H17FN2OS/c1-17-7-3-2-6-15-9-4-5-11(13)10(8-9)12(14)16/h4-5,8,15H,2-3,6-7H2,1H3,(H2,14,16). The number of carbonyl (C=O) groups is 1. The van der Waals surface area contributed by atoms with Gasteiger partial charge in [-0.15, -0.1) is 0 Å². The molecule has 0 saturated carbocycles. The summed E-state index contributed by atoms with van der Waals surface area (Å²) >= 11 is 1.82. The molecular formula is C12H17FN2OS. The fourth-order valence-electron chi connectivity index (χ4n) is 1.43. The first-order valence-electron chi connectivity index (χ1n) is 5.47. The van der Waals surface area contributed by atoms with Crippen molar-refractivity contribution in [1.82, 2.24) is 0 Å². The first kappa shape index (κ1) is 13.8. The van der Waals surface area contributed by atoms with E-state index in [1.54, 1.807) is 6.07 Å². The van der Waals surface area contributed by atoms with Crippen LogP contribution in [-0.2, 0) is 0 Å². The molecule has 0 aliphatic carbocycles. The van der Waals surface area contributed by atoms with Gasteiger partial charge in [0.1, 0.15) is 5.82 Å². The zero-order valence-electron chi connectivity index (χ0n) is 9.83. The van der Waals surface area contributed by atoms with E-state index in [0.717, 1.165) is 30.8 Å². The maximum atomic E-state index is 13.2. The van der Waals surface area contributed by atoms with E-state index in [4.69, 9.17) is 5.73 Å². The summed E-state index contributed by atoms with van der Waals surface area (Å²) in [7, 11) is 0. The number of unbranched alkanes of at least 4 members (excludes halogenated alkanes) is 1. The van der Waals surface area contributed by atoms with Gasteiger partial charge in [-0.3, -0.25) is 4.79 Å². The Kier molecular flexibility index (Phi) is 5.83. The Balaban J connectivity index is 2.49. The Morgan fingerprint density at radius 3 is 2.88 bits per heavy atom. The quantitative estimate of drug-likeness (QED) is 0.737. The molecule has 0 spiro atoms. The van der Waals surface area contributed by atoms with Gasteiger partial charge >= 0.3 is 0 Å². The number of anilines is 1. The molecule has 1 amide bonds. The molecule has 0 aliphatic heterocycles. The molecule has 5 heteroatoms. The van der Waals surface area contributed by atoms with Gasteiger partial charge in [-0.1, -0.05) is 0 Å². The van der Waals surface area contributed by atoms with Crippen LogP contribution in [0.2, 0.25) is 0 Å². The number of amides is 1. The molecule has 0 heterocycles. The number of hydrogen-bond donors (Lipinski definition) is 2. The Morgan fingerprint density at radius 1 is 1.47 bits per heavy atom. The molecule has 3 nitrogen and oxygen atoms in total. The molecule has 0 unspecified atom stereocenters. The highest BCUT2D eigenvalue weighted by atomic mass is 32.2. The summed E-state index contributed by atoms with van der Waals surface area (Å²) in [6.07, 6.45) is 4.26. The van der Waals surface area contributed by atoms with Crippen LogP contribution in [0.25, 0.3) is 0 Å². The predicted octanol–water partition coefficient (Wildman–Crippen LogP) is 2.48. The summed E-state index contributed by atoms with van der Waals surface area (Å²) in [4.78, 5) is 10.9. The van der Waals surface area contributed by atoms with Gasteiger partial charge in [-0.05, 0) is 43.0 Å². The van der Waals surface area contributed by atoms with Crippen molar-refractivity contribution in [1.29, 1.82) is 0 Å². The average Bonchev–Trinajstić information content (AvgIpc) is 2.30. The summed E-state index contributed by atoms with van der Waals surface area (Å²) in [5.74, 6) is -0.184. The lowest BCUT2D eigenvalue weighted by atomic mass is 10.1. The lowest BCUT2D eigenvalue weighted by molar-refractivity contribution is 0.0996. The molecule has 1 aromatic carbocycles. The van der Waals surface area contributed by atoms with Crippen LogP contribution in [0.1, 0.15) is 23.2 Å². The summed E-state index contributed by atoms with van der Waals surface area (Å²) < 4.78 is 13.2. The predicted molar refractivity (Wildman–Crippen MR) is 71.0 cm³/mol. The van der Waals surface area contributed by atoms with Crippen molar-refractivity contribution < 1.29 is 9.18 Å². The minimum Gasteiger partial charge on any atom is -0.385 e. The van der Waals surface area contributed by atoms with E-state index in [1.807, 2.05) is 11.8 Å². The first-order valence-corrected chi connectivity index (χ1v) is 6.86. The largest absolute Gasteiger partial charge is 0.385 e. The summed E-state index contributed by atoms with van der Waals surface area (Å²) in [6, 6.07) is 4.31. The van der Waals surface area contributed by atoms with Crippen LogP contribution in [0, 0.1) is 5.82 Å². The molecule has 0 atom stereocenters. The average molecular weight is 256 g/mol. The highest BCUT2D eigenvalue weighted by molar-refractivity contribution is 7.98. The van der Waals surface area contributed by atoms with Crippen LogP contribution in [0.3, 0.4) is 0 Å². The number of halogens is 1. The van der Waals surface area contributed by atoms with E-state index in [9.17, 15) is 9.18 Å². The smallest absolute Gasteiger partial charge is 0.251 e. The molecule has 0 fully saturated rings. The lowest BCUT2D eigenvalue weighted by Crippen LogP contribution is -2.14. The summed E-state index contributed by atoms with van der Waals surface area (Å²) in [5, 5.41) is 3.14. The SMILES string of the molecule is CSCCCCNc1ccc(F)c(C(N)=O)c1. The van der Waals surface area contributed by atoms with Gasteiger partial charge in [0, 0.05) is 12.2 Å². The summed E-state index contributed by atoms with van der Waals surface area (Å²) in [6.45, 7) is 0.810. The van der Waals surface area contributed by atoms with Crippen molar-refractivity contribution >= 4 is 23.4 Å². The third-order valence-corrected chi connectivity index (χ3v) is 3.03. The van der Waals surface area contributed by atoms with Gasteiger partial charge in [0.25, 0.3) is 5.91 Å². The van der Waals surface area contributed by atoms with Gasteiger partial charge in [0.15, 0.2) is 0 Å². The molecule has 3 N–H and O–H groups in total. The number of thioether (sulfide) groups is 1. The molecule has 0 saturated heterocycles. The molecule has 0 bridgehead atoms. The van der Waals surface area contributed by atoms with E-state index in [0.29, 0.717) is 0 Å². The molecule has 94 valence electrons.